The summed E-state index contributed by atoms with van der Waals surface area (Å²) >= 11 is 0. The zero-order chi connectivity index (χ0) is 21.4. The van der Waals surface area contributed by atoms with Gasteiger partial charge in [0.1, 0.15) is 5.82 Å². The van der Waals surface area contributed by atoms with Gasteiger partial charge in [0.05, 0.1) is 18.4 Å². The molecule has 5 rings (SSSR count). The number of imide groups is 1. The molecule has 0 radical (unpaired) electrons. The number of likely N-dealkylation sites (tertiary alicyclic amines) is 1. The minimum atomic E-state index is -0.453. The van der Waals surface area contributed by atoms with Gasteiger partial charge < -0.3 is 0 Å². The van der Waals surface area contributed by atoms with E-state index in [4.69, 9.17) is 0 Å². The van der Waals surface area contributed by atoms with Gasteiger partial charge in [0, 0.05) is 11.8 Å². The van der Waals surface area contributed by atoms with Gasteiger partial charge in [-0.05, 0) is 28.8 Å². The fourth-order valence-corrected chi connectivity index (χ4v) is 4.92. The number of halogens is 1. The second kappa shape index (κ2) is 7.95. The van der Waals surface area contributed by atoms with Crippen molar-refractivity contribution in [2.24, 2.45) is 11.8 Å². The molecule has 0 spiro atoms. The van der Waals surface area contributed by atoms with Gasteiger partial charge in [-0.15, -0.1) is 0 Å². The van der Waals surface area contributed by atoms with E-state index in [1.807, 2.05) is 60.7 Å². The van der Waals surface area contributed by atoms with Crippen molar-refractivity contribution >= 4 is 11.8 Å². The molecule has 1 saturated heterocycles. The third kappa shape index (κ3) is 3.48. The number of carbonyl (C=O) groups is 2. The lowest BCUT2D eigenvalue weighted by molar-refractivity contribution is -0.140. The lowest BCUT2D eigenvalue weighted by Gasteiger charge is -2.32. The second-order valence-electron chi connectivity index (χ2n) is 8.20. The molecular weight excluding hydrogens is 389 g/mol. The van der Waals surface area contributed by atoms with Crippen LogP contribution in [0.5, 0.6) is 0 Å². The Labute approximate surface area is 180 Å². The molecule has 1 aliphatic heterocycles. The predicted octanol–water partition coefficient (Wildman–Crippen LogP) is 5.06. The minimum absolute atomic E-state index is 0.152. The van der Waals surface area contributed by atoms with Gasteiger partial charge in [-0.1, -0.05) is 84.9 Å². The summed E-state index contributed by atoms with van der Waals surface area (Å²) in [5.74, 6) is -1.86. The zero-order valence-electron chi connectivity index (χ0n) is 16.9. The van der Waals surface area contributed by atoms with Crippen LogP contribution in [0.1, 0.15) is 28.5 Å². The van der Waals surface area contributed by atoms with E-state index < -0.39 is 11.8 Å². The highest BCUT2D eigenvalue weighted by Gasteiger charge is 2.54. The van der Waals surface area contributed by atoms with E-state index in [0.717, 1.165) is 16.7 Å². The molecule has 0 aromatic heterocycles. The number of amides is 2. The third-order valence-corrected chi connectivity index (χ3v) is 6.41. The quantitative estimate of drug-likeness (QED) is 0.444. The first-order chi connectivity index (χ1) is 15.1. The summed E-state index contributed by atoms with van der Waals surface area (Å²) in [6.45, 7) is 0.161. The molecule has 0 unspecified atom stereocenters. The van der Waals surface area contributed by atoms with Crippen molar-refractivity contribution in [2.75, 3.05) is 0 Å². The minimum Gasteiger partial charge on any atom is -0.278 e. The van der Waals surface area contributed by atoms with Crippen LogP contribution in [-0.2, 0) is 16.1 Å². The highest BCUT2D eigenvalue weighted by atomic mass is 19.1. The van der Waals surface area contributed by atoms with Crippen molar-refractivity contribution in [3.63, 3.8) is 0 Å². The fraction of sp³-hybridized carbons (Fsp3) is 0.185. The average Bonchev–Trinajstić information content (AvgIpc) is 3.06. The Morgan fingerprint density at radius 2 is 1.10 bits per heavy atom. The molecule has 2 amide bonds. The molecule has 2 aliphatic rings. The largest absolute Gasteiger partial charge is 0.278 e. The molecule has 4 heteroatoms. The van der Waals surface area contributed by atoms with Crippen LogP contribution in [-0.4, -0.2) is 16.7 Å². The van der Waals surface area contributed by atoms with Crippen molar-refractivity contribution in [3.8, 4) is 0 Å². The monoisotopic (exact) mass is 411 g/mol. The number of allylic oxidation sites excluding steroid dienone is 2. The van der Waals surface area contributed by atoms with Crippen molar-refractivity contribution in [1.82, 2.24) is 4.90 Å². The average molecular weight is 411 g/mol. The molecule has 0 bridgehead atoms. The van der Waals surface area contributed by atoms with Crippen LogP contribution in [0.3, 0.4) is 0 Å². The maximum absolute atomic E-state index is 13.6. The molecular formula is C27H22FNO2. The molecule has 4 atom stereocenters. The molecule has 3 aromatic rings. The van der Waals surface area contributed by atoms with E-state index >= 15 is 0 Å². The molecule has 154 valence electrons. The predicted molar refractivity (Wildman–Crippen MR) is 116 cm³/mol. The SMILES string of the molecule is O=C1[C@@H]2[C@H](C(=O)N1Cc1ccc(F)cc1)[C@H](c1ccccc1)C=C[C@@H]2c1ccccc1. The highest BCUT2D eigenvalue weighted by Crippen LogP contribution is 2.49. The van der Waals surface area contributed by atoms with Crippen molar-refractivity contribution in [1.29, 1.82) is 0 Å². The highest BCUT2D eigenvalue weighted by molar-refractivity contribution is 6.06. The van der Waals surface area contributed by atoms with Gasteiger partial charge in [-0.2, -0.15) is 0 Å². The number of nitrogens with zero attached hydrogens (tertiary/aromatic N) is 1. The molecule has 3 nitrogen and oxygen atoms in total. The molecule has 0 N–H and O–H groups in total. The number of hydrogen-bond donors (Lipinski definition) is 0. The molecule has 31 heavy (non-hydrogen) atoms. The Bertz CT molecular complexity index is 1060. The standard InChI is InChI=1S/C27H22FNO2/c28-21-13-11-18(12-14-21)17-29-26(30)24-22(19-7-3-1-4-8-19)15-16-23(25(24)27(29)31)20-9-5-2-6-10-20/h1-16,22-25H,17H2/t22-,23+,24+,25-. The summed E-state index contributed by atoms with van der Waals surface area (Å²) in [5.41, 5.74) is 2.80. The summed E-state index contributed by atoms with van der Waals surface area (Å²) in [4.78, 5) is 28.5. The molecule has 1 aliphatic carbocycles. The fourth-order valence-electron chi connectivity index (χ4n) is 4.92. The smallest absolute Gasteiger partial charge is 0.234 e. The summed E-state index contributed by atoms with van der Waals surface area (Å²) < 4.78 is 13.3. The normalized spacial score (nSPS) is 25.0. The summed E-state index contributed by atoms with van der Waals surface area (Å²) in [7, 11) is 0. The topological polar surface area (TPSA) is 37.4 Å². The van der Waals surface area contributed by atoms with Gasteiger partial charge >= 0.3 is 0 Å². The Morgan fingerprint density at radius 1 is 0.645 bits per heavy atom. The first-order valence-corrected chi connectivity index (χ1v) is 10.5. The lowest BCUT2D eigenvalue weighted by Crippen LogP contribution is -2.31. The number of benzene rings is 3. The third-order valence-electron chi connectivity index (χ3n) is 6.41. The number of hydrogen-bond acceptors (Lipinski definition) is 2. The first kappa shape index (κ1) is 19.4. The maximum atomic E-state index is 13.6. The van der Waals surface area contributed by atoms with Gasteiger partial charge in [0.25, 0.3) is 0 Å². The van der Waals surface area contributed by atoms with Gasteiger partial charge in [-0.3, -0.25) is 14.5 Å². The molecule has 0 saturated carbocycles. The Kier molecular flexibility index (Phi) is 4.99. The van der Waals surface area contributed by atoms with Crippen LogP contribution in [0.4, 0.5) is 4.39 Å². The van der Waals surface area contributed by atoms with Crippen LogP contribution in [0.2, 0.25) is 0 Å². The number of fused-ring (bicyclic) bond motifs is 1. The number of carbonyl (C=O) groups excluding carboxylic acids is 2. The number of rotatable bonds is 4. The van der Waals surface area contributed by atoms with Crippen LogP contribution in [0.25, 0.3) is 0 Å². The van der Waals surface area contributed by atoms with E-state index in [0.29, 0.717) is 0 Å². The van der Waals surface area contributed by atoms with Crippen LogP contribution < -0.4 is 0 Å². The van der Waals surface area contributed by atoms with Gasteiger partial charge in [0.2, 0.25) is 11.8 Å². The van der Waals surface area contributed by atoms with Crippen LogP contribution >= 0.6 is 0 Å². The molecule has 1 heterocycles. The molecule has 1 fully saturated rings. The van der Waals surface area contributed by atoms with E-state index in [-0.39, 0.29) is 36.0 Å². The van der Waals surface area contributed by atoms with E-state index in [2.05, 4.69) is 12.2 Å². The summed E-state index contributed by atoms with van der Waals surface area (Å²) in [6.07, 6.45) is 4.17. The van der Waals surface area contributed by atoms with Crippen molar-refractivity contribution < 1.29 is 14.0 Å². The lowest BCUT2D eigenvalue weighted by atomic mass is 9.68. The zero-order valence-corrected chi connectivity index (χ0v) is 16.9. The van der Waals surface area contributed by atoms with Gasteiger partial charge in [-0.25, -0.2) is 4.39 Å². The van der Waals surface area contributed by atoms with Crippen LogP contribution in [0, 0.1) is 17.7 Å². The Morgan fingerprint density at radius 3 is 1.55 bits per heavy atom. The first-order valence-electron chi connectivity index (χ1n) is 10.5. The van der Waals surface area contributed by atoms with E-state index in [9.17, 15) is 14.0 Å². The van der Waals surface area contributed by atoms with Crippen molar-refractivity contribution in [2.45, 2.75) is 18.4 Å². The van der Waals surface area contributed by atoms with Gasteiger partial charge in [0.15, 0.2) is 0 Å². The molecule has 3 aromatic carbocycles. The van der Waals surface area contributed by atoms with Crippen LogP contribution in [0.15, 0.2) is 97.1 Å². The van der Waals surface area contributed by atoms with E-state index in [1.165, 1.54) is 17.0 Å². The summed E-state index contributed by atoms with van der Waals surface area (Å²) in [6, 6.07) is 25.7. The second-order valence-corrected chi connectivity index (χ2v) is 8.20. The maximum Gasteiger partial charge on any atom is 0.234 e. The Hall–Kier alpha value is -3.53. The Balaban J connectivity index is 1.55. The van der Waals surface area contributed by atoms with Crippen molar-refractivity contribution in [3.05, 3.63) is 120 Å². The summed E-state index contributed by atoms with van der Waals surface area (Å²) in [5, 5.41) is 0. The van der Waals surface area contributed by atoms with E-state index in [1.54, 1.807) is 12.1 Å².